The molecule has 0 aliphatic carbocycles. The normalized spacial score (nSPS) is 11.5. The lowest BCUT2D eigenvalue weighted by Gasteiger charge is -2.17. The van der Waals surface area contributed by atoms with Crippen molar-refractivity contribution in [2.75, 3.05) is 0 Å². The topological polar surface area (TPSA) is 55.4 Å². The van der Waals surface area contributed by atoms with Gasteiger partial charge in [0.2, 0.25) is 0 Å². The minimum atomic E-state index is -0.636. The molecule has 0 radical (unpaired) electrons. The molecule has 1 rings (SSSR count). The molecule has 0 saturated heterocycles. The number of ether oxygens (including phenoxy) is 1. The van der Waals surface area contributed by atoms with Crippen LogP contribution in [0.15, 0.2) is 36.9 Å². The maximum absolute atomic E-state index is 12.1. The Hall–Kier alpha value is -2.10. The van der Waals surface area contributed by atoms with E-state index in [1.54, 1.807) is 6.07 Å². The molecule has 19 heavy (non-hydrogen) atoms. The first-order chi connectivity index (χ1) is 9.12. The molecule has 1 aromatic carbocycles. The van der Waals surface area contributed by atoms with Crippen LogP contribution in [0.4, 0.5) is 0 Å². The molecule has 4 heteroatoms. The lowest BCUT2D eigenvalue weighted by Crippen LogP contribution is -2.38. The predicted octanol–water partition coefficient (Wildman–Crippen LogP) is 2.44. The summed E-state index contributed by atoms with van der Waals surface area (Å²) in [5.74, 6) is -0.780. The Morgan fingerprint density at radius 3 is 2.63 bits per heavy atom. The van der Waals surface area contributed by atoms with Crippen LogP contribution in [0.1, 0.15) is 36.2 Å². The molecule has 4 nitrogen and oxygen atoms in total. The summed E-state index contributed by atoms with van der Waals surface area (Å²) in [6, 6.07) is 7.37. The standard InChI is InChI=1S/C15H19NO3/c1-4-11-9-7-8-10-12(11)15(18)16-13(5-2)19-14(17)6-3/h6-10,13H,3-5H2,1-2H3,(H,16,18). The van der Waals surface area contributed by atoms with Gasteiger partial charge < -0.3 is 10.1 Å². The van der Waals surface area contributed by atoms with Crippen LogP contribution < -0.4 is 5.32 Å². The first kappa shape index (κ1) is 15.0. The molecule has 1 aromatic rings. The van der Waals surface area contributed by atoms with Crippen molar-refractivity contribution in [2.45, 2.75) is 32.9 Å². The molecule has 0 heterocycles. The SMILES string of the molecule is C=CC(=O)OC(CC)NC(=O)c1ccccc1CC. The first-order valence-corrected chi connectivity index (χ1v) is 6.34. The van der Waals surface area contributed by atoms with Crippen LogP contribution in [-0.2, 0) is 16.0 Å². The summed E-state index contributed by atoms with van der Waals surface area (Å²) in [6.07, 6.45) is 1.71. The second kappa shape index (κ2) is 7.36. The largest absolute Gasteiger partial charge is 0.439 e. The molecule has 1 atom stereocenters. The number of benzene rings is 1. The molecule has 0 spiro atoms. The minimum absolute atomic E-state index is 0.235. The Labute approximate surface area is 113 Å². The fourth-order valence-corrected chi connectivity index (χ4v) is 1.68. The third kappa shape index (κ3) is 4.25. The highest BCUT2D eigenvalue weighted by atomic mass is 16.6. The molecule has 1 N–H and O–H groups in total. The van der Waals surface area contributed by atoms with Crippen LogP contribution in [0.5, 0.6) is 0 Å². The highest BCUT2D eigenvalue weighted by Gasteiger charge is 2.16. The van der Waals surface area contributed by atoms with Gasteiger partial charge >= 0.3 is 5.97 Å². The molecule has 0 aliphatic rings. The Bertz CT molecular complexity index is 468. The summed E-state index contributed by atoms with van der Waals surface area (Å²) in [7, 11) is 0. The van der Waals surface area contributed by atoms with Crippen molar-refractivity contribution in [1.29, 1.82) is 0 Å². The van der Waals surface area contributed by atoms with Crippen molar-refractivity contribution in [3.8, 4) is 0 Å². The van der Waals surface area contributed by atoms with Gasteiger partial charge in [-0.3, -0.25) is 4.79 Å². The number of rotatable bonds is 6. The molecule has 0 aromatic heterocycles. The number of amides is 1. The first-order valence-electron chi connectivity index (χ1n) is 6.34. The zero-order valence-electron chi connectivity index (χ0n) is 11.3. The van der Waals surface area contributed by atoms with Crippen LogP contribution in [0, 0.1) is 0 Å². The number of hydrogen-bond acceptors (Lipinski definition) is 3. The maximum Gasteiger partial charge on any atom is 0.332 e. The molecule has 1 amide bonds. The van der Waals surface area contributed by atoms with Crippen molar-refractivity contribution in [2.24, 2.45) is 0 Å². The molecule has 0 aliphatic heterocycles. The lowest BCUT2D eigenvalue weighted by atomic mass is 10.0. The summed E-state index contributed by atoms with van der Waals surface area (Å²) in [5.41, 5.74) is 1.57. The summed E-state index contributed by atoms with van der Waals surface area (Å²) < 4.78 is 5.03. The van der Waals surface area contributed by atoms with E-state index in [1.807, 2.05) is 32.0 Å². The van der Waals surface area contributed by atoms with Gasteiger partial charge in [0, 0.05) is 18.1 Å². The molecular weight excluding hydrogens is 242 g/mol. The number of aryl methyl sites for hydroxylation is 1. The number of hydrogen-bond donors (Lipinski definition) is 1. The highest BCUT2D eigenvalue weighted by molar-refractivity contribution is 5.96. The summed E-state index contributed by atoms with van der Waals surface area (Å²) in [4.78, 5) is 23.3. The molecular formula is C15H19NO3. The van der Waals surface area contributed by atoms with E-state index in [0.29, 0.717) is 12.0 Å². The van der Waals surface area contributed by atoms with Crippen LogP contribution in [0.3, 0.4) is 0 Å². The fourth-order valence-electron chi connectivity index (χ4n) is 1.68. The van der Waals surface area contributed by atoms with Crippen molar-refractivity contribution in [3.63, 3.8) is 0 Å². The second-order valence-electron chi connectivity index (χ2n) is 4.02. The van der Waals surface area contributed by atoms with Gasteiger partial charge in [0.05, 0.1) is 0 Å². The third-order valence-electron chi connectivity index (χ3n) is 2.73. The Morgan fingerprint density at radius 1 is 1.37 bits per heavy atom. The van der Waals surface area contributed by atoms with Gasteiger partial charge in [-0.15, -0.1) is 0 Å². The van der Waals surface area contributed by atoms with Gasteiger partial charge in [0.15, 0.2) is 6.23 Å². The van der Waals surface area contributed by atoms with Crippen molar-refractivity contribution < 1.29 is 14.3 Å². The maximum atomic E-state index is 12.1. The van der Waals surface area contributed by atoms with Gasteiger partial charge in [-0.2, -0.15) is 0 Å². The van der Waals surface area contributed by atoms with Gasteiger partial charge in [-0.25, -0.2) is 4.79 Å². The van der Waals surface area contributed by atoms with Gasteiger partial charge in [-0.05, 0) is 18.1 Å². The van der Waals surface area contributed by atoms with Crippen LogP contribution in [0.25, 0.3) is 0 Å². The summed E-state index contributed by atoms with van der Waals surface area (Å²) >= 11 is 0. The van der Waals surface area contributed by atoms with E-state index in [4.69, 9.17) is 4.74 Å². The Kier molecular flexibility index (Phi) is 5.79. The Morgan fingerprint density at radius 2 is 2.05 bits per heavy atom. The van der Waals surface area contributed by atoms with Crippen molar-refractivity contribution in [1.82, 2.24) is 5.32 Å². The second-order valence-corrected chi connectivity index (χ2v) is 4.02. The number of nitrogens with one attached hydrogen (secondary N) is 1. The van der Waals surface area contributed by atoms with E-state index in [-0.39, 0.29) is 5.91 Å². The number of carbonyl (C=O) groups is 2. The van der Waals surface area contributed by atoms with E-state index in [0.717, 1.165) is 18.1 Å². The van der Waals surface area contributed by atoms with Crippen molar-refractivity contribution >= 4 is 11.9 Å². The van der Waals surface area contributed by atoms with Crippen LogP contribution in [0.2, 0.25) is 0 Å². The average molecular weight is 261 g/mol. The summed E-state index contributed by atoms with van der Waals surface area (Å²) in [5, 5.41) is 2.69. The quantitative estimate of drug-likeness (QED) is 0.486. The van der Waals surface area contributed by atoms with Crippen LogP contribution >= 0.6 is 0 Å². The highest BCUT2D eigenvalue weighted by Crippen LogP contribution is 2.10. The van der Waals surface area contributed by atoms with E-state index >= 15 is 0 Å². The number of carbonyl (C=O) groups excluding carboxylic acids is 2. The smallest absolute Gasteiger partial charge is 0.332 e. The summed E-state index contributed by atoms with van der Waals surface area (Å²) in [6.45, 7) is 7.14. The monoisotopic (exact) mass is 261 g/mol. The van der Waals surface area contributed by atoms with E-state index < -0.39 is 12.2 Å². The molecule has 0 bridgehead atoms. The van der Waals surface area contributed by atoms with E-state index in [2.05, 4.69) is 11.9 Å². The van der Waals surface area contributed by atoms with Gasteiger partial charge in [0.25, 0.3) is 5.91 Å². The third-order valence-corrected chi connectivity index (χ3v) is 2.73. The van der Waals surface area contributed by atoms with Gasteiger partial charge in [0.1, 0.15) is 0 Å². The zero-order valence-corrected chi connectivity index (χ0v) is 11.3. The molecule has 0 fully saturated rings. The molecule has 1 unspecified atom stereocenters. The lowest BCUT2D eigenvalue weighted by molar-refractivity contribution is -0.144. The fraction of sp³-hybridized carbons (Fsp3) is 0.333. The average Bonchev–Trinajstić information content (AvgIpc) is 2.45. The van der Waals surface area contributed by atoms with E-state index in [1.165, 1.54) is 0 Å². The number of esters is 1. The van der Waals surface area contributed by atoms with Gasteiger partial charge in [-0.1, -0.05) is 38.6 Å². The molecule has 102 valence electrons. The van der Waals surface area contributed by atoms with E-state index in [9.17, 15) is 9.59 Å². The predicted molar refractivity (Wildman–Crippen MR) is 73.7 cm³/mol. The zero-order chi connectivity index (χ0) is 14.3. The Balaban J connectivity index is 2.77. The van der Waals surface area contributed by atoms with Crippen LogP contribution in [-0.4, -0.2) is 18.1 Å². The minimum Gasteiger partial charge on any atom is -0.439 e. The molecule has 0 saturated carbocycles. The van der Waals surface area contributed by atoms with Crippen molar-refractivity contribution in [3.05, 3.63) is 48.0 Å².